The summed E-state index contributed by atoms with van der Waals surface area (Å²) in [4.78, 5) is 0. The van der Waals surface area contributed by atoms with Crippen molar-refractivity contribution in [1.29, 1.82) is 0 Å². The average molecular weight is 243 g/mol. The van der Waals surface area contributed by atoms with E-state index in [1.807, 2.05) is 0 Å². The van der Waals surface area contributed by atoms with E-state index >= 15 is 0 Å². The lowest BCUT2D eigenvalue weighted by molar-refractivity contribution is -0.0245. The second kappa shape index (κ2) is 8.90. The summed E-state index contributed by atoms with van der Waals surface area (Å²) in [7, 11) is 0. The van der Waals surface area contributed by atoms with E-state index < -0.39 is 0 Å². The Balaban J connectivity index is 2.02. The molecule has 0 saturated carbocycles. The van der Waals surface area contributed by atoms with Gasteiger partial charge in [-0.1, -0.05) is 20.8 Å². The zero-order valence-corrected chi connectivity index (χ0v) is 11.7. The highest BCUT2D eigenvalue weighted by atomic mass is 16.5. The lowest BCUT2D eigenvalue weighted by Gasteiger charge is -2.32. The normalized spacial score (nSPS) is 25.4. The lowest BCUT2D eigenvalue weighted by Crippen LogP contribution is -2.41. The van der Waals surface area contributed by atoms with E-state index in [0.29, 0.717) is 18.1 Å². The minimum absolute atomic E-state index is 0.442. The van der Waals surface area contributed by atoms with Crippen LogP contribution >= 0.6 is 0 Å². The summed E-state index contributed by atoms with van der Waals surface area (Å²) in [5.41, 5.74) is 0. The monoisotopic (exact) mass is 243 g/mol. The summed E-state index contributed by atoms with van der Waals surface area (Å²) in [5.74, 6) is 0.632. The molecule has 3 nitrogen and oxygen atoms in total. The van der Waals surface area contributed by atoms with Crippen LogP contribution in [0.1, 0.15) is 46.5 Å². The molecule has 0 radical (unpaired) electrons. The molecule has 1 rings (SSSR count). The standard InChI is InChI=1S/C14H29NO2/c1-4-8-16-9-5-7-15-13-6-10-17-14(11-13)12(2)3/h12-15H,4-11H2,1-3H3. The van der Waals surface area contributed by atoms with Gasteiger partial charge in [-0.05, 0) is 38.1 Å². The van der Waals surface area contributed by atoms with Gasteiger partial charge in [0.15, 0.2) is 0 Å². The molecule has 1 aliphatic heterocycles. The van der Waals surface area contributed by atoms with Crippen LogP contribution in [0.4, 0.5) is 0 Å². The van der Waals surface area contributed by atoms with Crippen molar-refractivity contribution in [3.05, 3.63) is 0 Å². The molecule has 17 heavy (non-hydrogen) atoms. The summed E-state index contributed by atoms with van der Waals surface area (Å²) in [6.07, 6.45) is 4.98. The highest BCUT2D eigenvalue weighted by Crippen LogP contribution is 2.19. The minimum Gasteiger partial charge on any atom is -0.381 e. The molecule has 1 N–H and O–H groups in total. The molecular weight excluding hydrogens is 214 g/mol. The first-order valence-electron chi connectivity index (χ1n) is 7.16. The van der Waals surface area contributed by atoms with Gasteiger partial charge in [0.25, 0.3) is 0 Å². The molecule has 3 heteroatoms. The Morgan fingerprint density at radius 2 is 2.18 bits per heavy atom. The van der Waals surface area contributed by atoms with Gasteiger partial charge in [-0.3, -0.25) is 0 Å². The van der Waals surface area contributed by atoms with Gasteiger partial charge in [0.1, 0.15) is 0 Å². The Morgan fingerprint density at radius 1 is 1.35 bits per heavy atom. The van der Waals surface area contributed by atoms with Crippen molar-refractivity contribution in [2.24, 2.45) is 5.92 Å². The Bertz CT molecular complexity index is 185. The summed E-state index contributed by atoms with van der Waals surface area (Å²) in [6, 6.07) is 0.641. The Kier molecular flexibility index (Phi) is 7.82. The smallest absolute Gasteiger partial charge is 0.0612 e. The summed E-state index contributed by atoms with van der Waals surface area (Å²) in [5, 5.41) is 3.62. The van der Waals surface area contributed by atoms with Crippen LogP contribution in [0.3, 0.4) is 0 Å². The van der Waals surface area contributed by atoms with E-state index in [1.165, 1.54) is 0 Å². The largest absolute Gasteiger partial charge is 0.381 e. The van der Waals surface area contributed by atoms with E-state index in [9.17, 15) is 0 Å². The van der Waals surface area contributed by atoms with Crippen molar-refractivity contribution < 1.29 is 9.47 Å². The van der Waals surface area contributed by atoms with E-state index in [0.717, 1.165) is 52.0 Å². The van der Waals surface area contributed by atoms with Crippen LogP contribution < -0.4 is 5.32 Å². The minimum atomic E-state index is 0.442. The third kappa shape index (κ3) is 6.39. The van der Waals surface area contributed by atoms with Gasteiger partial charge in [0, 0.05) is 25.9 Å². The molecule has 1 saturated heterocycles. The summed E-state index contributed by atoms with van der Waals surface area (Å²) < 4.78 is 11.2. The molecule has 0 spiro atoms. The van der Waals surface area contributed by atoms with Gasteiger partial charge in [-0.15, -0.1) is 0 Å². The highest BCUT2D eigenvalue weighted by molar-refractivity contribution is 4.78. The molecule has 2 atom stereocenters. The first-order valence-corrected chi connectivity index (χ1v) is 7.16. The molecule has 0 bridgehead atoms. The van der Waals surface area contributed by atoms with Gasteiger partial charge in [-0.25, -0.2) is 0 Å². The third-order valence-corrected chi connectivity index (χ3v) is 3.31. The van der Waals surface area contributed by atoms with Crippen molar-refractivity contribution >= 4 is 0 Å². The number of rotatable bonds is 8. The molecule has 0 aromatic heterocycles. The van der Waals surface area contributed by atoms with Crippen LogP contribution in [0, 0.1) is 5.92 Å². The van der Waals surface area contributed by atoms with E-state index in [-0.39, 0.29) is 0 Å². The number of hydrogen-bond donors (Lipinski definition) is 1. The van der Waals surface area contributed by atoms with E-state index in [2.05, 4.69) is 26.1 Å². The zero-order chi connectivity index (χ0) is 12.5. The molecule has 1 aliphatic rings. The van der Waals surface area contributed by atoms with Gasteiger partial charge in [0.2, 0.25) is 0 Å². The van der Waals surface area contributed by atoms with Crippen LogP contribution in [-0.2, 0) is 9.47 Å². The first kappa shape index (κ1) is 14.9. The topological polar surface area (TPSA) is 30.5 Å². The third-order valence-electron chi connectivity index (χ3n) is 3.31. The molecule has 1 heterocycles. The van der Waals surface area contributed by atoms with Gasteiger partial charge in [-0.2, -0.15) is 0 Å². The molecule has 102 valence electrons. The number of ether oxygens (including phenoxy) is 2. The molecule has 1 fully saturated rings. The van der Waals surface area contributed by atoms with Gasteiger partial charge < -0.3 is 14.8 Å². The lowest BCUT2D eigenvalue weighted by atomic mass is 9.95. The van der Waals surface area contributed by atoms with Crippen molar-refractivity contribution in [1.82, 2.24) is 5.32 Å². The SMILES string of the molecule is CCCOCCCNC1CCOC(C(C)C)C1. The van der Waals surface area contributed by atoms with E-state index in [1.54, 1.807) is 0 Å². The Labute approximate surface area is 106 Å². The summed E-state index contributed by atoms with van der Waals surface area (Å²) >= 11 is 0. The van der Waals surface area contributed by atoms with Crippen molar-refractivity contribution in [3.8, 4) is 0 Å². The molecule has 0 aromatic carbocycles. The zero-order valence-electron chi connectivity index (χ0n) is 11.7. The molecule has 0 aliphatic carbocycles. The fourth-order valence-electron chi connectivity index (χ4n) is 2.20. The summed E-state index contributed by atoms with van der Waals surface area (Å²) in [6.45, 7) is 10.4. The maximum atomic E-state index is 5.76. The predicted octanol–water partition coefficient (Wildman–Crippen LogP) is 2.60. The number of nitrogens with one attached hydrogen (secondary N) is 1. The fourth-order valence-corrected chi connectivity index (χ4v) is 2.20. The van der Waals surface area contributed by atoms with Crippen LogP contribution in [0.15, 0.2) is 0 Å². The Hall–Kier alpha value is -0.120. The van der Waals surface area contributed by atoms with Crippen molar-refractivity contribution in [2.45, 2.75) is 58.6 Å². The van der Waals surface area contributed by atoms with Crippen molar-refractivity contribution in [2.75, 3.05) is 26.4 Å². The quantitative estimate of drug-likeness (QED) is 0.665. The van der Waals surface area contributed by atoms with E-state index in [4.69, 9.17) is 9.47 Å². The molecule has 0 aromatic rings. The Morgan fingerprint density at radius 3 is 2.88 bits per heavy atom. The van der Waals surface area contributed by atoms with Gasteiger partial charge in [0.05, 0.1) is 6.10 Å². The van der Waals surface area contributed by atoms with Crippen LogP contribution in [0.25, 0.3) is 0 Å². The number of hydrogen-bond acceptors (Lipinski definition) is 3. The van der Waals surface area contributed by atoms with Crippen LogP contribution in [-0.4, -0.2) is 38.5 Å². The van der Waals surface area contributed by atoms with Crippen LogP contribution in [0.2, 0.25) is 0 Å². The second-order valence-corrected chi connectivity index (χ2v) is 5.29. The van der Waals surface area contributed by atoms with Crippen LogP contribution in [0.5, 0.6) is 0 Å². The maximum Gasteiger partial charge on any atom is 0.0612 e. The average Bonchev–Trinajstić information content (AvgIpc) is 2.34. The highest BCUT2D eigenvalue weighted by Gasteiger charge is 2.24. The molecule has 2 unspecified atom stereocenters. The van der Waals surface area contributed by atoms with Gasteiger partial charge >= 0.3 is 0 Å². The first-order chi connectivity index (χ1) is 8.24. The fraction of sp³-hybridized carbons (Fsp3) is 1.00. The predicted molar refractivity (Wildman–Crippen MR) is 71.3 cm³/mol. The molecule has 0 amide bonds. The van der Waals surface area contributed by atoms with Crippen molar-refractivity contribution in [3.63, 3.8) is 0 Å². The second-order valence-electron chi connectivity index (χ2n) is 5.29. The maximum absolute atomic E-state index is 5.76. The molecular formula is C14H29NO2.